The van der Waals surface area contributed by atoms with Gasteiger partial charge < -0.3 is 5.32 Å². The van der Waals surface area contributed by atoms with Crippen LogP contribution in [0.1, 0.15) is 31.4 Å². The van der Waals surface area contributed by atoms with Gasteiger partial charge in [-0.1, -0.05) is 11.6 Å². The summed E-state index contributed by atoms with van der Waals surface area (Å²) in [4.78, 5) is 12.3. The van der Waals surface area contributed by atoms with Crippen molar-refractivity contribution in [3.05, 3.63) is 38.9 Å². The topological polar surface area (TPSA) is 46.9 Å². The lowest BCUT2D eigenvalue weighted by atomic mass is 9.88. The summed E-state index contributed by atoms with van der Waals surface area (Å²) in [5, 5.41) is 10.1. The summed E-state index contributed by atoms with van der Waals surface area (Å²) in [6.45, 7) is 0. The van der Waals surface area contributed by atoms with Crippen molar-refractivity contribution < 1.29 is 0 Å². The highest BCUT2D eigenvalue weighted by atomic mass is 35.5. The number of aryl methyl sites for hydroxylation is 1. The molecule has 2 aliphatic rings. The molecule has 0 saturated heterocycles. The molecule has 1 N–H and O–H groups in total. The van der Waals surface area contributed by atoms with Gasteiger partial charge in [0.05, 0.1) is 21.8 Å². The second-order valence-electron chi connectivity index (χ2n) is 5.41. The average molecular weight is 288 g/mol. The molecule has 2 heterocycles. The zero-order valence-corrected chi connectivity index (χ0v) is 11.9. The van der Waals surface area contributed by atoms with Gasteiger partial charge in [0, 0.05) is 18.1 Å². The van der Waals surface area contributed by atoms with Gasteiger partial charge in [0.25, 0.3) is 5.56 Å². The molecule has 0 fully saturated rings. The number of halogens is 1. The third-order valence-electron chi connectivity index (χ3n) is 4.20. The van der Waals surface area contributed by atoms with Crippen LogP contribution in [0.4, 0.5) is 5.69 Å². The normalized spacial score (nSPS) is 17.1. The van der Waals surface area contributed by atoms with Crippen molar-refractivity contribution in [3.8, 4) is 0 Å². The lowest BCUT2D eigenvalue weighted by Gasteiger charge is -2.28. The van der Waals surface area contributed by atoms with Crippen LogP contribution < -0.4 is 10.9 Å². The SMILES string of the molecule is Cn1nc2c3c(c(Cl)ccc3c1=O)NC1=C2CCCC1. The number of nitrogens with one attached hydrogen (secondary N) is 1. The van der Waals surface area contributed by atoms with Gasteiger partial charge in [-0.05, 0) is 43.4 Å². The Bertz CT molecular complexity index is 835. The maximum absolute atomic E-state index is 12.3. The molecule has 1 aromatic carbocycles. The largest absolute Gasteiger partial charge is 0.357 e. The minimum absolute atomic E-state index is 0.0803. The zero-order valence-electron chi connectivity index (χ0n) is 11.2. The fourth-order valence-corrected chi connectivity index (χ4v) is 3.41. The van der Waals surface area contributed by atoms with Crippen molar-refractivity contribution >= 4 is 33.6 Å². The molecule has 0 atom stereocenters. The number of hydrogen-bond acceptors (Lipinski definition) is 3. The summed E-state index contributed by atoms with van der Waals surface area (Å²) in [7, 11) is 1.71. The first kappa shape index (κ1) is 12.0. The zero-order chi connectivity index (χ0) is 13.9. The Morgan fingerprint density at radius 1 is 1.30 bits per heavy atom. The molecule has 1 aliphatic carbocycles. The van der Waals surface area contributed by atoms with E-state index in [-0.39, 0.29) is 5.56 Å². The molecule has 0 bridgehead atoms. The van der Waals surface area contributed by atoms with Crippen molar-refractivity contribution in [2.24, 2.45) is 7.05 Å². The first-order valence-corrected chi connectivity index (χ1v) is 7.23. The number of rotatable bonds is 0. The van der Waals surface area contributed by atoms with Gasteiger partial charge in [-0.25, -0.2) is 4.68 Å². The van der Waals surface area contributed by atoms with Crippen LogP contribution in [-0.2, 0) is 7.05 Å². The molecule has 4 rings (SSSR count). The van der Waals surface area contributed by atoms with Crippen molar-refractivity contribution in [2.45, 2.75) is 25.7 Å². The van der Waals surface area contributed by atoms with Crippen LogP contribution in [0.3, 0.4) is 0 Å². The third-order valence-corrected chi connectivity index (χ3v) is 4.51. The Labute approximate surface area is 121 Å². The van der Waals surface area contributed by atoms with E-state index in [4.69, 9.17) is 11.6 Å². The average Bonchev–Trinajstić information content (AvgIpc) is 2.46. The minimum atomic E-state index is -0.0803. The van der Waals surface area contributed by atoms with Crippen LogP contribution in [0.15, 0.2) is 22.6 Å². The lowest BCUT2D eigenvalue weighted by molar-refractivity contribution is 0.686. The molecule has 1 aromatic heterocycles. The molecule has 1 aliphatic heterocycles. The van der Waals surface area contributed by atoms with Gasteiger partial charge >= 0.3 is 0 Å². The lowest BCUT2D eigenvalue weighted by Crippen LogP contribution is -2.24. The van der Waals surface area contributed by atoms with E-state index in [9.17, 15) is 4.79 Å². The first-order valence-electron chi connectivity index (χ1n) is 6.86. The number of benzene rings is 1. The van der Waals surface area contributed by atoms with Crippen molar-refractivity contribution in [1.82, 2.24) is 9.78 Å². The molecule has 4 nitrogen and oxygen atoms in total. The predicted octanol–water partition coefficient (Wildman–Crippen LogP) is 3.30. The molecule has 102 valence electrons. The Morgan fingerprint density at radius 2 is 2.10 bits per heavy atom. The number of fused-ring (bicyclic) bond motifs is 1. The van der Waals surface area contributed by atoms with E-state index in [0.29, 0.717) is 10.4 Å². The maximum Gasteiger partial charge on any atom is 0.274 e. The molecular weight excluding hydrogens is 274 g/mol. The van der Waals surface area contributed by atoms with Gasteiger partial charge in [-0.2, -0.15) is 5.10 Å². The van der Waals surface area contributed by atoms with E-state index in [1.54, 1.807) is 19.2 Å². The van der Waals surface area contributed by atoms with Gasteiger partial charge in [-0.15, -0.1) is 0 Å². The fraction of sp³-hybridized carbons (Fsp3) is 0.333. The summed E-state index contributed by atoms with van der Waals surface area (Å²) in [5.74, 6) is 0. The highest BCUT2D eigenvalue weighted by Crippen LogP contribution is 2.43. The van der Waals surface area contributed by atoms with Crippen LogP contribution in [0.25, 0.3) is 16.3 Å². The Balaban J connectivity index is 2.18. The first-order chi connectivity index (χ1) is 9.66. The van der Waals surface area contributed by atoms with E-state index in [1.165, 1.54) is 28.8 Å². The van der Waals surface area contributed by atoms with Crippen molar-refractivity contribution in [3.63, 3.8) is 0 Å². The summed E-state index contributed by atoms with van der Waals surface area (Å²) in [6.07, 6.45) is 4.38. The van der Waals surface area contributed by atoms with Crippen LogP contribution >= 0.6 is 11.6 Å². The molecule has 20 heavy (non-hydrogen) atoms. The Morgan fingerprint density at radius 3 is 2.95 bits per heavy atom. The maximum atomic E-state index is 12.3. The quantitative estimate of drug-likeness (QED) is 0.809. The summed E-state index contributed by atoms with van der Waals surface area (Å²) in [6, 6.07) is 3.58. The molecule has 5 heteroatoms. The van der Waals surface area contributed by atoms with Gasteiger partial charge in [-0.3, -0.25) is 4.79 Å². The van der Waals surface area contributed by atoms with Gasteiger partial charge in [0.1, 0.15) is 0 Å². The molecule has 0 spiro atoms. The van der Waals surface area contributed by atoms with E-state index in [2.05, 4.69) is 10.4 Å². The minimum Gasteiger partial charge on any atom is -0.357 e. The highest BCUT2D eigenvalue weighted by molar-refractivity contribution is 6.35. The van der Waals surface area contributed by atoms with Crippen molar-refractivity contribution in [2.75, 3.05) is 5.32 Å². The van der Waals surface area contributed by atoms with Crippen molar-refractivity contribution in [1.29, 1.82) is 0 Å². The number of allylic oxidation sites excluding steroid dienone is 2. The number of aromatic nitrogens is 2. The molecule has 0 unspecified atom stereocenters. The van der Waals surface area contributed by atoms with E-state index in [0.717, 1.165) is 29.6 Å². The predicted molar refractivity (Wildman–Crippen MR) is 81.0 cm³/mol. The molecule has 2 aromatic rings. The fourth-order valence-electron chi connectivity index (χ4n) is 3.21. The van der Waals surface area contributed by atoms with Gasteiger partial charge in [0.2, 0.25) is 0 Å². The number of hydrogen-bond donors (Lipinski definition) is 1. The Hall–Kier alpha value is -1.81. The number of nitrogens with zero attached hydrogens (tertiary/aromatic N) is 2. The standard InChI is InChI=1S/C15H14ClN3O/c1-19-15(20)9-6-7-10(16)14-12(9)13(18-19)8-4-2-3-5-11(8)17-14/h6-7,17H,2-5H2,1H3. The second-order valence-corrected chi connectivity index (χ2v) is 5.82. The van der Waals surface area contributed by atoms with E-state index in [1.807, 2.05) is 0 Å². The van der Waals surface area contributed by atoms with Crippen LogP contribution in [0.2, 0.25) is 5.02 Å². The molecule has 0 saturated carbocycles. The Kier molecular flexibility index (Phi) is 2.45. The smallest absolute Gasteiger partial charge is 0.274 e. The molecule has 0 amide bonds. The molecule has 0 radical (unpaired) electrons. The van der Waals surface area contributed by atoms with E-state index < -0.39 is 0 Å². The van der Waals surface area contributed by atoms with Crippen LogP contribution in [0, 0.1) is 0 Å². The summed E-state index contributed by atoms with van der Waals surface area (Å²) >= 11 is 6.31. The third kappa shape index (κ3) is 1.48. The molecular formula is C15H14ClN3O. The van der Waals surface area contributed by atoms with Gasteiger partial charge in [0.15, 0.2) is 0 Å². The van der Waals surface area contributed by atoms with E-state index >= 15 is 0 Å². The number of anilines is 1. The van der Waals surface area contributed by atoms with Crippen LogP contribution in [0.5, 0.6) is 0 Å². The van der Waals surface area contributed by atoms with Crippen LogP contribution in [-0.4, -0.2) is 9.78 Å². The highest BCUT2D eigenvalue weighted by Gasteiger charge is 2.27. The summed E-state index contributed by atoms with van der Waals surface area (Å²) in [5.41, 5.74) is 4.14. The summed E-state index contributed by atoms with van der Waals surface area (Å²) < 4.78 is 1.43. The second kappa shape index (κ2) is 4.09. The monoisotopic (exact) mass is 287 g/mol.